The van der Waals surface area contributed by atoms with Gasteiger partial charge in [-0.2, -0.15) is 5.26 Å². The van der Waals surface area contributed by atoms with Crippen LogP contribution in [0.3, 0.4) is 0 Å². The Labute approximate surface area is 145 Å². The molecule has 0 bridgehead atoms. The summed E-state index contributed by atoms with van der Waals surface area (Å²) in [6, 6.07) is 9.69. The van der Waals surface area contributed by atoms with Crippen molar-refractivity contribution in [3.05, 3.63) is 47.0 Å². The zero-order valence-corrected chi connectivity index (χ0v) is 13.9. The van der Waals surface area contributed by atoms with Crippen LogP contribution in [0.1, 0.15) is 11.4 Å². The first-order chi connectivity index (χ1) is 11.6. The zero-order chi connectivity index (χ0) is 16.9. The smallest absolute Gasteiger partial charge is 0.252 e. The van der Waals surface area contributed by atoms with E-state index in [0.717, 1.165) is 24.7 Å². The zero-order valence-electron chi connectivity index (χ0n) is 13.1. The quantitative estimate of drug-likeness (QED) is 0.831. The van der Waals surface area contributed by atoms with E-state index in [1.165, 1.54) is 16.6 Å². The first-order valence-corrected chi connectivity index (χ1v) is 8.06. The molecular weight excluding hydrogens is 328 g/mol. The van der Waals surface area contributed by atoms with E-state index < -0.39 is 0 Å². The van der Waals surface area contributed by atoms with E-state index >= 15 is 0 Å². The van der Waals surface area contributed by atoms with Crippen molar-refractivity contribution in [3.63, 3.8) is 0 Å². The second-order valence-electron chi connectivity index (χ2n) is 5.66. The summed E-state index contributed by atoms with van der Waals surface area (Å²) in [5, 5.41) is 13.4. The number of hydrogen-bond donors (Lipinski definition) is 0. The highest BCUT2D eigenvalue weighted by Gasteiger charge is 2.21. The minimum atomic E-state index is -0.00760. The summed E-state index contributed by atoms with van der Waals surface area (Å²) >= 11 is 6.01. The predicted octanol–water partition coefficient (Wildman–Crippen LogP) is 1.15. The number of piperazine rings is 1. The Hall–Kier alpha value is -2.43. The molecule has 1 aliphatic rings. The average Bonchev–Trinajstić information content (AvgIpc) is 3.03. The normalized spacial score (nSPS) is 15.2. The van der Waals surface area contributed by atoms with Crippen LogP contribution in [0.4, 0.5) is 0 Å². The molecule has 0 unspecified atom stereocenters. The molecule has 1 aliphatic heterocycles. The van der Waals surface area contributed by atoms with Gasteiger partial charge < -0.3 is 4.90 Å². The molecule has 0 atom stereocenters. The summed E-state index contributed by atoms with van der Waals surface area (Å²) in [5.74, 6) is 0.0703. The molecular formula is C16H17ClN6O. The Morgan fingerprint density at radius 3 is 2.75 bits per heavy atom. The van der Waals surface area contributed by atoms with Crippen LogP contribution >= 0.6 is 11.6 Å². The Balaban J connectivity index is 1.49. The van der Waals surface area contributed by atoms with E-state index in [1.807, 2.05) is 29.2 Å². The van der Waals surface area contributed by atoms with Gasteiger partial charge in [0.15, 0.2) is 0 Å². The van der Waals surface area contributed by atoms with Crippen LogP contribution in [0.2, 0.25) is 5.02 Å². The molecule has 0 spiro atoms. The lowest BCUT2D eigenvalue weighted by Crippen LogP contribution is -2.49. The average molecular weight is 345 g/mol. The number of amides is 1. The van der Waals surface area contributed by atoms with Crippen LogP contribution in [-0.4, -0.2) is 56.7 Å². The van der Waals surface area contributed by atoms with Gasteiger partial charge in [0, 0.05) is 37.7 Å². The minimum Gasteiger partial charge on any atom is -0.339 e. The predicted molar refractivity (Wildman–Crippen MR) is 88.0 cm³/mol. The molecule has 3 rings (SSSR count). The number of carbonyl (C=O) groups excluding carboxylic acids is 1. The third-order valence-electron chi connectivity index (χ3n) is 3.95. The van der Waals surface area contributed by atoms with Gasteiger partial charge in [-0.3, -0.25) is 9.69 Å². The summed E-state index contributed by atoms with van der Waals surface area (Å²) in [6.45, 7) is 3.94. The number of halogens is 1. The molecule has 0 N–H and O–H groups in total. The van der Waals surface area contributed by atoms with Gasteiger partial charge in [0.25, 0.3) is 5.82 Å². The number of rotatable bonds is 4. The highest BCUT2D eigenvalue weighted by atomic mass is 35.5. The van der Waals surface area contributed by atoms with Crippen molar-refractivity contribution >= 4 is 17.5 Å². The molecule has 2 heterocycles. The fraction of sp³-hybridized carbons (Fsp3) is 0.375. The van der Waals surface area contributed by atoms with Gasteiger partial charge >= 0.3 is 0 Å². The van der Waals surface area contributed by atoms with E-state index in [2.05, 4.69) is 21.0 Å². The van der Waals surface area contributed by atoms with Crippen LogP contribution in [0.5, 0.6) is 0 Å². The number of nitrogens with zero attached hydrogens (tertiary/aromatic N) is 6. The van der Waals surface area contributed by atoms with E-state index in [9.17, 15) is 4.79 Å². The third kappa shape index (κ3) is 4.10. The van der Waals surface area contributed by atoms with Gasteiger partial charge in [-0.25, -0.2) is 9.67 Å². The molecule has 1 saturated heterocycles. The van der Waals surface area contributed by atoms with Crippen molar-refractivity contribution in [1.82, 2.24) is 24.6 Å². The van der Waals surface area contributed by atoms with Crippen LogP contribution in [-0.2, 0) is 17.9 Å². The van der Waals surface area contributed by atoms with Gasteiger partial charge in [-0.05, 0) is 17.7 Å². The monoisotopic (exact) mass is 344 g/mol. The molecule has 2 aromatic rings. The lowest BCUT2D eigenvalue weighted by atomic mass is 10.2. The van der Waals surface area contributed by atoms with Crippen LogP contribution < -0.4 is 0 Å². The summed E-state index contributed by atoms with van der Waals surface area (Å²) in [4.78, 5) is 20.2. The number of hydrogen-bond acceptors (Lipinski definition) is 5. The second kappa shape index (κ2) is 7.43. The Kier molecular flexibility index (Phi) is 5.08. The van der Waals surface area contributed by atoms with Crippen molar-refractivity contribution < 1.29 is 4.79 Å². The topological polar surface area (TPSA) is 78.0 Å². The van der Waals surface area contributed by atoms with E-state index in [-0.39, 0.29) is 18.3 Å². The first kappa shape index (κ1) is 16.4. The lowest BCUT2D eigenvalue weighted by molar-refractivity contribution is -0.133. The largest absolute Gasteiger partial charge is 0.339 e. The van der Waals surface area contributed by atoms with Gasteiger partial charge in [0.1, 0.15) is 18.9 Å². The Morgan fingerprint density at radius 1 is 1.29 bits per heavy atom. The molecule has 0 radical (unpaired) electrons. The van der Waals surface area contributed by atoms with E-state index in [1.54, 1.807) is 0 Å². The molecule has 7 nitrogen and oxygen atoms in total. The van der Waals surface area contributed by atoms with Crippen LogP contribution in [0, 0.1) is 11.3 Å². The Morgan fingerprint density at radius 2 is 2.08 bits per heavy atom. The van der Waals surface area contributed by atoms with Gasteiger partial charge in [0.2, 0.25) is 5.91 Å². The number of aromatic nitrogens is 3. The summed E-state index contributed by atoms with van der Waals surface area (Å²) in [5.41, 5.74) is 1.17. The molecule has 1 aromatic heterocycles. The van der Waals surface area contributed by atoms with Crippen molar-refractivity contribution in [3.8, 4) is 6.07 Å². The standard InChI is InChI=1S/C16H17ClN6O/c17-14-3-1-2-13(8-14)10-21-4-6-22(7-5-21)16(24)11-23-12-19-15(9-18)20-23/h1-3,8,12H,4-7,10-11H2. The maximum Gasteiger partial charge on any atom is 0.252 e. The molecule has 124 valence electrons. The molecule has 0 aliphatic carbocycles. The summed E-state index contributed by atoms with van der Waals surface area (Å²) in [7, 11) is 0. The summed E-state index contributed by atoms with van der Waals surface area (Å²) < 4.78 is 1.40. The van der Waals surface area contributed by atoms with E-state index in [4.69, 9.17) is 16.9 Å². The molecule has 0 saturated carbocycles. The lowest BCUT2D eigenvalue weighted by Gasteiger charge is -2.34. The minimum absolute atomic E-state index is 0.00760. The molecule has 24 heavy (non-hydrogen) atoms. The van der Waals surface area contributed by atoms with Gasteiger partial charge in [-0.15, -0.1) is 5.10 Å². The maximum atomic E-state index is 12.3. The van der Waals surface area contributed by atoms with Crippen molar-refractivity contribution in [2.45, 2.75) is 13.1 Å². The van der Waals surface area contributed by atoms with Gasteiger partial charge in [-0.1, -0.05) is 23.7 Å². The first-order valence-electron chi connectivity index (χ1n) is 7.68. The number of carbonyl (C=O) groups is 1. The van der Waals surface area contributed by atoms with Crippen molar-refractivity contribution in [2.24, 2.45) is 0 Å². The van der Waals surface area contributed by atoms with Crippen LogP contribution in [0.25, 0.3) is 0 Å². The Bertz CT molecular complexity index is 760. The van der Waals surface area contributed by atoms with Crippen molar-refractivity contribution in [2.75, 3.05) is 26.2 Å². The molecule has 1 aromatic carbocycles. The molecule has 1 amide bonds. The highest BCUT2D eigenvalue weighted by Crippen LogP contribution is 2.14. The second-order valence-corrected chi connectivity index (χ2v) is 6.10. The maximum absolute atomic E-state index is 12.3. The van der Waals surface area contributed by atoms with Crippen molar-refractivity contribution in [1.29, 1.82) is 5.26 Å². The molecule has 8 heteroatoms. The van der Waals surface area contributed by atoms with Crippen LogP contribution in [0.15, 0.2) is 30.6 Å². The SMILES string of the molecule is N#Cc1ncn(CC(=O)N2CCN(Cc3cccc(Cl)c3)CC2)n1. The number of nitriles is 1. The fourth-order valence-electron chi connectivity index (χ4n) is 2.71. The third-order valence-corrected chi connectivity index (χ3v) is 4.19. The van der Waals surface area contributed by atoms with E-state index in [0.29, 0.717) is 13.1 Å². The highest BCUT2D eigenvalue weighted by molar-refractivity contribution is 6.30. The number of benzene rings is 1. The fourth-order valence-corrected chi connectivity index (χ4v) is 2.92. The van der Waals surface area contributed by atoms with Gasteiger partial charge in [0.05, 0.1) is 0 Å². The summed E-state index contributed by atoms with van der Waals surface area (Å²) in [6.07, 6.45) is 1.41. The molecule has 1 fully saturated rings.